The minimum Gasteiger partial charge on any atom is -0.320 e. The van der Waals surface area contributed by atoms with Crippen LogP contribution in [0.25, 0.3) is 11.4 Å². The van der Waals surface area contributed by atoms with E-state index in [1.54, 1.807) is 37.3 Å². The van der Waals surface area contributed by atoms with Crippen molar-refractivity contribution in [3.63, 3.8) is 0 Å². The molecule has 1 fully saturated rings. The number of benzene rings is 2. The number of carbonyl (C=O) groups excluding carboxylic acids is 2. The van der Waals surface area contributed by atoms with Gasteiger partial charge in [-0.25, -0.2) is 9.36 Å². The first kappa shape index (κ1) is 28.9. The molecule has 2 heterocycles. The summed E-state index contributed by atoms with van der Waals surface area (Å²) in [5.74, 6) is -0.587. The van der Waals surface area contributed by atoms with E-state index in [9.17, 15) is 19.2 Å². The molecule has 0 atom stereocenters. The highest BCUT2D eigenvalue weighted by Crippen LogP contribution is 2.43. The van der Waals surface area contributed by atoms with Crippen LogP contribution in [0.2, 0.25) is 0 Å². The Morgan fingerprint density at radius 2 is 1.05 bits per heavy atom. The molecule has 1 aliphatic rings. The highest BCUT2D eigenvalue weighted by Gasteiger charge is 2.37. The average molecular weight is 571 g/mol. The van der Waals surface area contributed by atoms with Crippen LogP contribution in [0.4, 0.5) is 11.4 Å². The molecule has 1 saturated carbocycles. The van der Waals surface area contributed by atoms with E-state index in [4.69, 9.17) is 0 Å². The minimum atomic E-state index is -0.561. The number of amides is 2. The van der Waals surface area contributed by atoms with E-state index in [2.05, 4.69) is 10.6 Å². The van der Waals surface area contributed by atoms with Gasteiger partial charge in [0.2, 0.25) is 11.8 Å². The largest absolute Gasteiger partial charge is 0.320 e. The van der Waals surface area contributed by atoms with Gasteiger partial charge < -0.3 is 10.6 Å². The summed E-state index contributed by atoms with van der Waals surface area (Å²) >= 11 is 0. The molecule has 0 saturated heterocycles. The zero-order valence-corrected chi connectivity index (χ0v) is 24.6. The number of para-hydroxylation sites is 2. The Hall–Kier alpha value is -4.60. The van der Waals surface area contributed by atoms with Gasteiger partial charge in [0.15, 0.2) is 0 Å². The van der Waals surface area contributed by atoms with Crippen LogP contribution in [0, 0.1) is 19.3 Å². The lowest BCUT2D eigenvalue weighted by atomic mass is 9.69. The second-order valence-electron chi connectivity index (χ2n) is 11.4. The maximum atomic E-state index is 13.4. The normalized spacial score (nSPS) is 14.5. The van der Waals surface area contributed by atoms with Crippen LogP contribution >= 0.6 is 0 Å². The Balaban J connectivity index is 1.35. The molecule has 2 aromatic carbocycles. The summed E-state index contributed by atoms with van der Waals surface area (Å²) in [5.41, 5.74) is 2.00. The van der Waals surface area contributed by atoms with Crippen molar-refractivity contribution in [1.82, 2.24) is 18.7 Å². The monoisotopic (exact) mass is 570 g/mol. The summed E-state index contributed by atoms with van der Waals surface area (Å²) in [4.78, 5) is 53.5. The standard InChI is InChI=1S/C32H38N6O4/c1-22-28(30(41)37(35(22)3)24-14-8-5-9-15-24)33-26(39)20-32(18-12-7-13-19-32)21-27(40)34-29-23(2)36(4)38(31(29)42)25-16-10-6-11-17-25/h5-6,8-11,14-17H,7,12-13,18-21H2,1-4H3,(H,33,39)(H,34,40). The predicted octanol–water partition coefficient (Wildman–Crippen LogP) is 4.59. The molecule has 4 aromatic rings. The molecule has 2 N–H and O–H groups in total. The third-order valence-corrected chi connectivity index (χ3v) is 8.62. The summed E-state index contributed by atoms with van der Waals surface area (Å²) in [6.45, 7) is 3.59. The SMILES string of the molecule is Cc1c(NC(=O)CC2(CC(=O)Nc3c(C)n(C)n(-c4ccccc4)c3=O)CCCCC2)c(=O)n(-c2ccccc2)n1C. The number of carbonyl (C=O) groups is 2. The van der Waals surface area contributed by atoms with E-state index < -0.39 is 5.41 Å². The Bertz CT molecular complexity index is 1600. The molecule has 42 heavy (non-hydrogen) atoms. The second-order valence-corrected chi connectivity index (χ2v) is 11.4. The fraction of sp³-hybridized carbons (Fsp3) is 0.375. The first-order valence-electron chi connectivity index (χ1n) is 14.4. The van der Waals surface area contributed by atoms with E-state index in [-0.39, 0.29) is 47.1 Å². The molecule has 0 bridgehead atoms. The van der Waals surface area contributed by atoms with Gasteiger partial charge in [0, 0.05) is 26.9 Å². The molecule has 0 unspecified atom stereocenters. The maximum Gasteiger partial charge on any atom is 0.295 e. The summed E-state index contributed by atoms with van der Waals surface area (Å²) in [6, 6.07) is 18.5. The molecule has 0 aliphatic heterocycles. The van der Waals surface area contributed by atoms with Crippen molar-refractivity contribution in [2.75, 3.05) is 10.6 Å². The Kier molecular flexibility index (Phi) is 8.06. The van der Waals surface area contributed by atoms with Gasteiger partial charge in [-0.15, -0.1) is 0 Å². The molecule has 10 heteroatoms. The van der Waals surface area contributed by atoms with Crippen LogP contribution in [0.5, 0.6) is 0 Å². The molecule has 5 rings (SSSR count). The zero-order chi connectivity index (χ0) is 30.0. The van der Waals surface area contributed by atoms with Crippen molar-refractivity contribution in [3.8, 4) is 11.4 Å². The zero-order valence-electron chi connectivity index (χ0n) is 24.6. The molecule has 2 amide bonds. The molecule has 10 nitrogen and oxygen atoms in total. The predicted molar refractivity (Wildman–Crippen MR) is 164 cm³/mol. The fourth-order valence-electron chi connectivity index (χ4n) is 6.19. The summed E-state index contributed by atoms with van der Waals surface area (Å²) < 4.78 is 6.50. The molecular formula is C32H38N6O4. The molecular weight excluding hydrogens is 532 g/mol. The van der Waals surface area contributed by atoms with Gasteiger partial charge in [0.25, 0.3) is 11.1 Å². The Morgan fingerprint density at radius 1 is 0.667 bits per heavy atom. The summed E-state index contributed by atoms with van der Waals surface area (Å²) in [7, 11) is 3.56. The van der Waals surface area contributed by atoms with E-state index in [1.807, 2.05) is 60.7 Å². The van der Waals surface area contributed by atoms with Crippen molar-refractivity contribution in [2.45, 2.75) is 58.8 Å². The topological polar surface area (TPSA) is 112 Å². The molecule has 1 aliphatic carbocycles. The second kappa shape index (κ2) is 11.7. The third kappa shape index (κ3) is 5.48. The molecule has 0 spiro atoms. The molecule has 2 aromatic heterocycles. The number of nitrogens with one attached hydrogen (secondary N) is 2. The Labute approximate surface area is 244 Å². The maximum absolute atomic E-state index is 13.4. The first-order chi connectivity index (χ1) is 20.1. The van der Waals surface area contributed by atoms with E-state index in [0.29, 0.717) is 22.8 Å². The molecule has 220 valence electrons. The summed E-state index contributed by atoms with van der Waals surface area (Å²) in [6.07, 6.45) is 4.54. The van der Waals surface area contributed by atoms with Crippen molar-refractivity contribution in [2.24, 2.45) is 19.5 Å². The number of hydrogen-bond donors (Lipinski definition) is 2. The number of nitrogens with zero attached hydrogens (tertiary/aromatic N) is 4. The fourth-order valence-corrected chi connectivity index (χ4v) is 6.19. The van der Waals surface area contributed by atoms with Crippen LogP contribution < -0.4 is 21.8 Å². The smallest absolute Gasteiger partial charge is 0.295 e. The van der Waals surface area contributed by atoms with Gasteiger partial charge in [-0.05, 0) is 56.4 Å². The number of anilines is 2. The van der Waals surface area contributed by atoms with Crippen molar-refractivity contribution < 1.29 is 9.59 Å². The number of hydrogen-bond acceptors (Lipinski definition) is 4. The van der Waals surface area contributed by atoms with Gasteiger partial charge in [-0.2, -0.15) is 0 Å². The van der Waals surface area contributed by atoms with Gasteiger partial charge >= 0.3 is 0 Å². The van der Waals surface area contributed by atoms with Gasteiger partial charge in [-0.3, -0.25) is 28.5 Å². The lowest BCUT2D eigenvalue weighted by molar-refractivity contribution is -0.122. The van der Waals surface area contributed by atoms with E-state index in [0.717, 1.165) is 32.1 Å². The van der Waals surface area contributed by atoms with Crippen molar-refractivity contribution >= 4 is 23.2 Å². The van der Waals surface area contributed by atoms with E-state index in [1.165, 1.54) is 9.36 Å². The van der Waals surface area contributed by atoms with Crippen LogP contribution in [0.15, 0.2) is 70.3 Å². The van der Waals surface area contributed by atoms with Crippen LogP contribution in [0.3, 0.4) is 0 Å². The van der Waals surface area contributed by atoms with Gasteiger partial charge in [-0.1, -0.05) is 55.7 Å². The third-order valence-electron chi connectivity index (χ3n) is 8.62. The number of aromatic nitrogens is 4. The van der Waals surface area contributed by atoms with Crippen LogP contribution in [0.1, 0.15) is 56.3 Å². The highest BCUT2D eigenvalue weighted by atomic mass is 16.2. The minimum absolute atomic E-state index is 0.113. The summed E-state index contributed by atoms with van der Waals surface area (Å²) in [5, 5.41) is 5.74. The van der Waals surface area contributed by atoms with Crippen molar-refractivity contribution in [3.05, 3.63) is 92.8 Å². The average Bonchev–Trinajstić information content (AvgIpc) is 3.32. The van der Waals surface area contributed by atoms with Gasteiger partial charge in [0.1, 0.15) is 11.4 Å². The first-order valence-corrected chi connectivity index (χ1v) is 14.4. The Morgan fingerprint density at radius 3 is 1.43 bits per heavy atom. The van der Waals surface area contributed by atoms with Crippen molar-refractivity contribution in [1.29, 1.82) is 0 Å². The lowest BCUT2D eigenvalue weighted by Crippen LogP contribution is -2.35. The van der Waals surface area contributed by atoms with E-state index >= 15 is 0 Å². The van der Waals surface area contributed by atoms with Crippen LogP contribution in [-0.2, 0) is 23.7 Å². The molecule has 0 radical (unpaired) electrons. The van der Waals surface area contributed by atoms with Crippen LogP contribution in [-0.4, -0.2) is 30.5 Å². The lowest BCUT2D eigenvalue weighted by Gasteiger charge is -2.36. The highest BCUT2D eigenvalue weighted by molar-refractivity contribution is 5.94. The number of rotatable bonds is 8. The quantitative estimate of drug-likeness (QED) is 0.323. The van der Waals surface area contributed by atoms with Gasteiger partial charge in [0.05, 0.1) is 22.8 Å².